The summed E-state index contributed by atoms with van der Waals surface area (Å²) in [6, 6.07) is 25.1. The Labute approximate surface area is 173 Å². The predicted octanol–water partition coefficient (Wildman–Crippen LogP) is 4.53. The summed E-state index contributed by atoms with van der Waals surface area (Å²) in [5.74, 6) is 0. The molecule has 1 atom stereocenters. The van der Waals surface area contributed by atoms with E-state index in [-0.39, 0.29) is 19.3 Å². The number of hydrogen-bond acceptors (Lipinski definition) is 3. The van der Waals surface area contributed by atoms with E-state index in [0.29, 0.717) is 13.2 Å². The Morgan fingerprint density at radius 2 is 1.45 bits per heavy atom. The lowest BCUT2D eigenvalue weighted by molar-refractivity contribution is 0.0231. The first-order valence-corrected chi connectivity index (χ1v) is 10.2. The summed E-state index contributed by atoms with van der Waals surface area (Å²) in [6.45, 7) is 7.36. The van der Waals surface area contributed by atoms with Crippen molar-refractivity contribution < 1.29 is 14.0 Å². The number of aryl methyl sites for hydroxylation is 3. The third-order valence-corrected chi connectivity index (χ3v) is 5.49. The van der Waals surface area contributed by atoms with Gasteiger partial charge in [0.25, 0.3) is 0 Å². The summed E-state index contributed by atoms with van der Waals surface area (Å²) < 4.78 is 18.5. The van der Waals surface area contributed by atoms with Gasteiger partial charge >= 0.3 is 7.12 Å². The lowest BCUT2D eigenvalue weighted by atomic mass is 9.79. The van der Waals surface area contributed by atoms with E-state index in [1.54, 1.807) is 0 Å². The first-order valence-electron chi connectivity index (χ1n) is 10.2. The molecule has 4 heteroatoms. The maximum Gasteiger partial charge on any atom is 0.494 e. The van der Waals surface area contributed by atoms with Gasteiger partial charge in [-0.2, -0.15) is 0 Å². The average molecular weight is 386 g/mol. The molecule has 29 heavy (non-hydrogen) atoms. The maximum atomic E-state index is 6.46. The molecule has 0 amide bonds. The van der Waals surface area contributed by atoms with Gasteiger partial charge in [0.2, 0.25) is 0 Å². The van der Waals surface area contributed by atoms with Crippen LogP contribution < -0.4 is 5.46 Å². The third kappa shape index (κ3) is 4.61. The molecule has 3 aromatic rings. The van der Waals surface area contributed by atoms with Crippen molar-refractivity contribution in [3.63, 3.8) is 0 Å². The normalized spacial score (nSPS) is 16.6. The predicted molar refractivity (Wildman–Crippen MR) is 118 cm³/mol. The quantitative estimate of drug-likeness (QED) is 0.583. The van der Waals surface area contributed by atoms with Crippen molar-refractivity contribution >= 4 is 12.6 Å². The zero-order chi connectivity index (χ0) is 20.2. The van der Waals surface area contributed by atoms with E-state index in [1.807, 2.05) is 0 Å². The zero-order valence-electron chi connectivity index (χ0n) is 17.3. The fraction of sp³-hybridized carbons (Fsp3) is 0.280. The maximum absolute atomic E-state index is 6.46. The van der Waals surface area contributed by atoms with Gasteiger partial charge in [-0.1, -0.05) is 78.4 Å². The minimum absolute atomic E-state index is 0.0863. The molecule has 4 rings (SSSR count). The molecule has 0 bridgehead atoms. The molecule has 148 valence electrons. The second-order valence-electron chi connectivity index (χ2n) is 7.76. The van der Waals surface area contributed by atoms with Crippen molar-refractivity contribution in [2.24, 2.45) is 0 Å². The standard InChI is InChI=1S/C25H27BO3/c1-18-12-14-21(15-13-18)26-28-17-22(29-26)16-27-25(23-10-6-4-8-19(23)2)24-11-7-5-9-20(24)3/h4-15,22,25H,16-17H2,1-3H3. The highest BCUT2D eigenvalue weighted by atomic mass is 16.7. The summed E-state index contributed by atoms with van der Waals surface area (Å²) >= 11 is 0. The van der Waals surface area contributed by atoms with Gasteiger partial charge in [-0.05, 0) is 48.5 Å². The van der Waals surface area contributed by atoms with Gasteiger partial charge in [0.15, 0.2) is 0 Å². The summed E-state index contributed by atoms with van der Waals surface area (Å²) in [5.41, 5.74) is 7.11. The van der Waals surface area contributed by atoms with Crippen molar-refractivity contribution in [3.8, 4) is 0 Å². The van der Waals surface area contributed by atoms with Crippen LogP contribution in [0.2, 0.25) is 0 Å². The molecular formula is C25H27BO3. The van der Waals surface area contributed by atoms with Crippen molar-refractivity contribution in [1.29, 1.82) is 0 Å². The summed E-state index contributed by atoms with van der Waals surface area (Å²) in [6.07, 6.45) is -0.212. The Kier molecular flexibility index (Phi) is 6.15. The fourth-order valence-corrected chi connectivity index (χ4v) is 3.75. The number of benzene rings is 3. The van der Waals surface area contributed by atoms with Gasteiger partial charge in [0.05, 0.1) is 19.3 Å². The highest BCUT2D eigenvalue weighted by Crippen LogP contribution is 2.31. The van der Waals surface area contributed by atoms with E-state index in [4.69, 9.17) is 14.0 Å². The van der Waals surface area contributed by atoms with E-state index >= 15 is 0 Å². The Morgan fingerprint density at radius 3 is 2.03 bits per heavy atom. The highest BCUT2D eigenvalue weighted by molar-refractivity contribution is 6.61. The van der Waals surface area contributed by atoms with E-state index in [0.717, 1.165) is 5.46 Å². The Morgan fingerprint density at radius 1 is 0.862 bits per heavy atom. The molecule has 0 aliphatic carbocycles. The summed E-state index contributed by atoms with van der Waals surface area (Å²) in [5, 5.41) is 0. The van der Waals surface area contributed by atoms with Crippen LogP contribution >= 0.6 is 0 Å². The SMILES string of the molecule is Cc1ccc(B2OCC(COC(c3ccccc3C)c3ccccc3C)O2)cc1. The minimum atomic E-state index is -0.320. The lowest BCUT2D eigenvalue weighted by Gasteiger charge is -2.24. The topological polar surface area (TPSA) is 27.7 Å². The van der Waals surface area contributed by atoms with Crippen LogP contribution in [0.3, 0.4) is 0 Å². The van der Waals surface area contributed by atoms with Crippen LogP contribution in [-0.2, 0) is 14.0 Å². The molecule has 1 unspecified atom stereocenters. The van der Waals surface area contributed by atoms with E-state index in [2.05, 4.69) is 93.6 Å². The number of ether oxygens (including phenoxy) is 1. The van der Waals surface area contributed by atoms with Gasteiger partial charge < -0.3 is 14.0 Å². The third-order valence-electron chi connectivity index (χ3n) is 5.49. The highest BCUT2D eigenvalue weighted by Gasteiger charge is 2.34. The molecular weight excluding hydrogens is 359 g/mol. The van der Waals surface area contributed by atoms with Crippen LogP contribution in [0.15, 0.2) is 72.8 Å². The van der Waals surface area contributed by atoms with Crippen LogP contribution in [0.25, 0.3) is 0 Å². The first-order chi connectivity index (χ1) is 14.1. The van der Waals surface area contributed by atoms with Gasteiger partial charge in [0.1, 0.15) is 6.10 Å². The molecule has 1 aliphatic heterocycles. The zero-order valence-corrected chi connectivity index (χ0v) is 17.3. The van der Waals surface area contributed by atoms with Crippen molar-refractivity contribution in [3.05, 3.63) is 101 Å². The Hall–Kier alpha value is -2.40. The Balaban J connectivity index is 1.48. The molecule has 0 radical (unpaired) electrons. The van der Waals surface area contributed by atoms with E-state index in [9.17, 15) is 0 Å². The van der Waals surface area contributed by atoms with Crippen LogP contribution in [0.1, 0.15) is 33.9 Å². The smallest absolute Gasteiger partial charge is 0.405 e. The molecule has 0 aromatic heterocycles. The second kappa shape index (κ2) is 8.96. The molecule has 3 aromatic carbocycles. The van der Waals surface area contributed by atoms with E-state index < -0.39 is 0 Å². The van der Waals surface area contributed by atoms with Crippen LogP contribution in [0, 0.1) is 20.8 Å². The van der Waals surface area contributed by atoms with Crippen LogP contribution in [-0.4, -0.2) is 26.4 Å². The van der Waals surface area contributed by atoms with Gasteiger partial charge in [-0.25, -0.2) is 0 Å². The number of hydrogen-bond donors (Lipinski definition) is 0. The minimum Gasteiger partial charge on any atom is -0.405 e. The number of rotatable bonds is 6. The molecule has 3 nitrogen and oxygen atoms in total. The second-order valence-corrected chi connectivity index (χ2v) is 7.76. The molecule has 1 heterocycles. The lowest BCUT2D eigenvalue weighted by Crippen LogP contribution is -2.33. The fourth-order valence-electron chi connectivity index (χ4n) is 3.75. The van der Waals surface area contributed by atoms with Crippen molar-refractivity contribution in [1.82, 2.24) is 0 Å². The van der Waals surface area contributed by atoms with E-state index in [1.165, 1.54) is 27.8 Å². The molecule has 1 fully saturated rings. The van der Waals surface area contributed by atoms with Crippen molar-refractivity contribution in [2.75, 3.05) is 13.2 Å². The van der Waals surface area contributed by atoms with Crippen LogP contribution in [0.5, 0.6) is 0 Å². The summed E-state index contributed by atoms with van der Waals surface area (Å²) in [7, 11) is -0.320. The summed E-state index contributed by atoms with van der Waals surface area (Å²) in [4.78, 5) is 0. The molecule has 1 aliphatic rings. The van der Waals surface area contributed by atoms with Gasteiger partial charge in [0, 0.05) is 0 Å². The monoisotopic (exact) mass is 386 g/mol. The molecule has 0 saturated carbocycles. The van der Waals surface area contributed by atoms with Crippen molar-refractivity contribution in [2.45, 2.75) is 33.0 Å². The van der Waals surface area contributed by atoms with Gasteiger partial charge in [-0.15, -0.1) is 0 Å². The Bertz CT molecular complexity index is 909. The molecule has 1 saturated heterocycles. The first kappa shape index (κ1) is 19.9. The molecule has 0 N–H and O–H groups in total. The molecule has 0 spiro atoms. The van der Waals surface area contributed by atoms with Gasteiger partial charge in [-0.3, -0.25) is 0 Å². The largest absolute Gasteiger partial charge is 0.494 e. The van der Waals surface area contributed by atoms with Crippen LogP contribution in [0.4, 0.5) is 0 Å². The average Bonchev–Trinajstić information content (AvgIpc) is 3.20.